The molecule has 1 aromatic rings. The second-order valence-corrected chi connectivity index (χ2v) is 31.4. The molecular weight excluding hydrogens is 1650 g/mol. The molecule has 2 amide bonds. The Morgan fingerprint density at radius 2 is 0.554 bits per heavy atom. The summed E-state index contributed by atoms with van der Waals surface area (Å²) in [5, 5.41) is 303. The van der Waals surface area contributed by atoms with E-state index in [0.717, 1.165) is 5.56 Å². The van der Waals surface area contributed by atoms with E-state index in [0.29, 0.717) is 6.42 Å². The number of nitrogens with one attached hydrogen (secondary N) is 2. The van der Waals surface area contributed by atoms with Crippen molar-refractivity contribution in [3.63, 3.8) is 0 Å². The van der Waals surface area contributed by atoms with Crippen LogP contribution < -0.4 is 21.1 Å². The van der Waals surface area contributed by atoms with Crippen LogP contribution in [0.5, 0.6) is 5.75 Å². The molecule has 10 aliphatic heterocycles. The zero-order valence-electron chi connectivity index (χ0n) is 64.9. The molecule has 0 aromatic heterocycles. The minimum atomic E-state index is -2.31. The van der Waals surface area contributed by atoms with Crippen LogP contribution in [0.2, 0.25) is 0 Å². The largest absolute Gasteiger partial charge is 0.462 e. The number of aliphatic hydroxyl groups is 27. The summed E-state index contributed by atoms with van der Waals surface area (Å²) in [6.45, 7) is -5.93. The van der Waals surface area contributed by atoms with E-state index in [2.05, 4.69) is 10.6 Å². The van der Waals surface area contributed by atoms with Crippen molar-refractivity contribution in [2.45, 2.75) is 309 Å². The molecular formula is C70H113N3O48. The molecule has 0 radical (unpaired) electrons. The van der Waals surface area contributed by atoms with E-state index < -0.39 is 359 Å². The highest BCUT2D eigenvalue weighted by Crippen LogP contribution is 2.42. The van der Waals surface area contributed by atoms with Crippen molar-refractivity contribution in [3.8, 4) is 5.75 Å². The lowest BCUT2D eigenvalue weighted by Crippen LogP contribution is -2.68. The number of benzene rings is 1. The summed E-state index contributed by atoms with van der Waals surface area (Å²) in [6.07, 6.45) is -88.2. The van der Waals surface area contributed by atoms with Crippen molar-refractivity contribution in [3.05, 3.63) is 29.8 Å². The first-order valence-electron chi connectivity index (χ1n) is 39.0. The molecule has 51 heteroatoms. The molecule has 31 N–H and O–H groups in total. The van der Waals surface area contributed by atoms with Crippen molar-refractivity contribution in [1.82, 2.24) is 10.6 Å². The molecule has 10 heterocycles. The number of rotatable bonds is 32. The van der Waals surface area contributed by atoms with Crippen molar-refractivity contribution >= 4 is 11.8 Å². The molecule has 51 nitrogen and oxygen atoms in total. The van der Waals surface area contributed by atoms with Gasteiger partial charge in [0.05, 0.1) is 66.0 Å². The van der Waals surface area contributed by atoms with Crippen LogP contribution >= 0.6 is 0 Å². The van der Waals surface area contributed by atoms with Gasteiger partial charge in [-0.1, -0.05) is 26.0 Å². The number of carbonyl (C=O) groups is 2. The van der Waals surface area contributed by atoms with Gasteiger partial charge in [0, 0.05) is 18.6 Å². The average molecular weight is 1760 g/mol. The third-order valence-corrected chi connectivity index (χ3v) is 23.3. The Labute approximate surface area is 686 Å². The van der Waals surface area contributed by atoms with Gasteiger partial charge < -0.3 is 244 Å². The van der Waals surface area contributed by atoms with Gasteiger partial charge in [-0.15, -0.1) is 0 Å². The number of methoxy groups -OCH3 is 1. The Morgan fingerprint density at radius 3 is 0.769 bits per heavy atom. The van der Waals surface area contributed by atoms with Gasteiger partial charge in [0.1, 0.15) is 232 Å². The van der Waals surface area contributed by atoms with Crippen LogP contribution in [0, 0.1) is 5.41 Å². The van der Waals surface area contributed by atoms with Crippen molar-refractivity contribution < 1.29 is 237 Å². The fourth-order valence-corrected chi connectivity index (χ4v) is 16.2. The zero-order valence-corrected chi connectivity index (χ0v) is 64.9. The highest BCUT2D eigenvalue weighted by molar-refractivity contribution is 5.91. The van der Waals surface area contributed by atoms with Crippen molar-refractivity contribution in [2.24, 2.45) is 11.1 Å². The number of aliphatic hydroxyl groups excluding tert-OH is 27. The van der Waals surface area contributed by atoms with Gasteiger partial charge in [0.2, 0.25) is 18.1 Å². The molecule has 0 saturated carbocycles. The quantitative estimate of drug-likeness (QED) is 0.0318. The molecule has 696 valence electrons. The molecule has 0 spiro atoms. The number of amides is 2. The van der Waals surface area contributed by atoms with Gasteiger partial charge in [-0.3, -0.25) is 9.59 Å². The summed E-state index contributed by atoms with van der Waals surface area (Å²) in [6, 6.07) is 5.07. The van der Waals surface area contributed by atoms with Crippen LogP contribution in [-0.2, 0) is 101 Å². The minimum absolute atomic E-state index is 0.118. The van der Waals surface area contributed by atoms with Gasteiger partial charge in [-0.25, -0.2) is 0 Å². The van der Waals surface area contributed by atoms with Gasteiger partial charge in [0.25, 0.3) is 0 Å². The molecule has 10 aliphatic rings. The number of carbonyl (C=O) groups excluding carboxylic acids is 2. The van der Waals surface area contributed by atoms with E-state index in [4.69, 9.17) is 95.7 Å². The van der Waals surface area contributed by atoms with Crippen LogP contribution in [0.3, 0.4) is 0 Å². The van der Waals surface area contributed by atoms with Gasteiger partial charge >= 0.3 is 0 Å². The Balaban J connectivity index is 0.645. The lowest BCUT2D eigenvalue weighted by molar-refractivity contribution is -0.400. The number of hydrogen-bond acceptors (Lipinski definition) is 49. The number of nitrogens with two attached hydrogens (primary N) is 1. The minimum Gasteiger partial charge on any atom is -0.462 e. The highest BCUT2D eigenvalue weighted by atomic mass is 16.8. The lowest BCUT2D eigenvalue weighted by atomic mass is 9.78. The molecule has 0 aliphatic carbocycles. The maximum atomic E-state index is 12.8. The summed E-state index contributed by atoms with van der Waals surface area (Å²) in [4.78, 5) is 24.8. The van der Waals surface area contributed by atoms with Crippen molar-refractivity contribution in [1.29, 1.82) is 0 Å². The average Bonchev–Trinajstić information content (AvgIpc) is 0.817. The van der Waals surface area contributed by atoms with Crippen LogP contribution in [0.4, 0.5) is 0 Å². The number of ether oxygens (including phenoxy) is 19. The smallest absolute Gasteiger partial charge is 0.243 e. The Hall–Kier alpha value is -3.88. The molecule has 0 bridgehead atoms. The lowest BCUT2D eigenvalue weighted by Gasteiger charge is -2.50. The van der Waals surface area contributed by atoms with Crippen LogP contribution in [0.15, 0.2) is 24.3 Å². The SMILES string of the molecule is COC1C(CO)OC(OC2C(CO)OC(OC3C(CO)OC(OC4C(CO)OC(OC5C(CO)OC(OC6C(CO)OC(OC7C(CO)OC(OC8C(CO)OC(OC9C(CO)OC(Oc%10ccc(CC%11NC(=O)C(NC(=O)CN)C%11(C)C)cc%10)C(O)C9O)C(O)C8O)C(O)C7O)C(O)C6O)C(O)C5O)C(O)C4O)C(O)C3O)C(O)C2O)C(O)C1O. The molecule has 10 saturated heterocycles. The molecule has 10 fully saturated rings. The third kappa shape index (κ3) is 20.4. The normalized spacial score (nSPS) is 48.6. The summed E-state index contributed by atoms with van der Waals surface area (Å²) < 4.78 is 108. The third-order valence-electron chi connectivity index (χ3n) is 23.3. The summed E-state index contributed by atoms with van der Waals surface area (Å²) in [7, 11) is 1.17. The topological polar surface area (TPSA) is 806 Å². The molecule has 47 atom stereocenters. The summed E-state index contributed by atoms with van der Waals surface area (Å²) in [5.74, 6) is -0.768. The second kappa shape index (κ2) is 42.1. The first-order chi connectivity index (χ1) is 57.5. The van der Waals surface area contributed by atoms with E-state index in [-0.39, 0.29) is 18.2 Å². The fourth-order valence-electron chi connectivity index (χ4n) is 16.2. The van der Waals surface area contributed by atoms with Crippen molar-refractivity contribution in [2.75, 3.05) is 73.1 Å². The van der Waals surface area contributed by atoms with Gasteiger partial charge in [-0.2, -0.15) is 0 Å². The van der Waals surface area contributed by atoms with E-state index in [1.807, 2.05) is 13.8 Å². The highest BCUT2D eigenvalue weighted by Gasteiger charge is 2.61. The summed E-state index contributed by atoms with van der Waals surface area (Å²) in [5.41, 5.74) is 5.43. The van der Waals surface area contributed by atoms with E-state index in [1.54, 1.807) is 12.1 Å². The summed E-state index contributed by atoms with van der Waals surface area (Å²) >= 11 is 0. The zero-order chi connectivity index (χ0) is 88.4. The standard InChI is InChI=1S/C70H113N3O48/c1-70(2)30(72-60(102)59(70)73-31(83)9-71)8-19-4-6-20(7-5-19)104-61-42(94)33(85)51(22(11-75)106-61)115-63-44(96)35(87)53(24(13-77)108-63)117-65-46(98)37(89)55(26(15-79)110-65)119-67-48(100)39(91)57(28(17-81)112-67)121-69-49(101)40(92)58(29(18-82)113-69)120-68-47(99)38(90)56(27(16-80)111-68)118-66-45(97)36(88)54(25(14-78)109-66)116-64-43(95)34(86)52(23(12-76)107-64)114-62-41(93)32(84)50(103-3)21(10-74)105-62/h4-7,21-30,32-59,61-69,74-82,84-101H,8-18,71H2,1-3H3,(H,72,102)(H,73,83). The van der Waals surface area contributed by atoms with Crippen LogP contribution in [0.25, 0.3) is 0 Å². The maximum absolute atomic E-state index is 12.8. The first kappa shape index (κ1) is 97.7. The molecule has 47 unspecified atom stereocenters. The fraction of sp³-hybridized carbons (Fsp3) is 0.886. The van der Waals surface area contributed by atoms with E-state index in [1.165, 1.54) is 19.2 Å². The predicted molar refractivity (Wildman–Crippen MR) is 377 cm³/mol. The first-order valence-corrected chi connectivity index (χ1v) is 39.0. The van der Waals surface area contributed by atoms with Gasteiger partial charge in [-0.05, 0) is 24.1 Å². The van der Waals surface area contributed by atoms with Crippen LogP contribution in [0.1, 0.15) is 19.4 Å². The number of hydrogen-bond donors (Lipinski definition) is 30. The molecule has 1 aromatic carbocycles. The second-order valence-electron chi connectivity index (χ2n) is 31.4. The predicted octanol–water partition coefficient (Wildman–Crippen LogP) is -19.4. The Bertz CT molecular complexity index is 3360. The molecule has 11 rings (SSSR count). The Kier molecular flexibility index (Phi) is 34.0. The van der Waals surface area contributed by atoms with E-state index in [9.17, 15) is 147 Å². The Morgan fingerprint density at radius 1 is 0.347 bits per heavy atom. The van der Waals surface area contributed by atoms with Crippen LogP contribution in [-0.4, -0.2) is 511 Å². The maximum Gasteiger partial charge on any atom is 0.243 e. The molecule has 121 heavy (non-hydrogen) atoms. The van der Waals surface area contributed by atoms with Gasteiger partial charge in [0.15, 0.2) is 50.3 Å². The van der Waals surface area contributed by atoms with E-state index >= 15 is 0 Å². The monoisotopic (exact) mass is 1760 g/mol.